The summed E-state index contributed by atoms with van der Waals surface area (Å²) in [4.78, 5) is 13.9. The standard InChI is InChI=1S/C12H17N3O5/c1-6-4-8(14-15-13)7(2)10(19-6)11(17-3)9-5-18-12(16)20-9/h4,7-11H,5H2,1-3H3/t7-,8+,9-,10-,11-/m1/s1. The van der Waals surface area contributed by atoms with E-state index in [2.05, 4.69) is 10.0 Å². The van der Waals surface area contributed by atoms with Crippen LogP contribution in [0.1, 0.15) is 13.8 Å². The number of nitrogens with zero attached hydrogens (tertiary/aromatic N) is 3. The van der Waals surface area contributed by atoms with Gasteiger partial charge >= 0.3 is 6.16 Å². The van der Waals surface area contributed by atoms with E-state index in [1.807, 2.05) is 6.92 Å². The summed E-state index contributed by atoms with van der Waals surface area (Å²) in [5, 5.41) is 3.75. The van der Waals surface area contributed by atoms with Crippen molar-refractivity contribution in [3.8, 4) is 0 Å². The van der Waals surface area contributed by atoms with Crippen molar-refractivity contribution in [2.45, 2.75) is 38.2 Å². The van der Waals surface area contributed by atoms with Gasteiger partial charge in [0.25, 0.3) is 0 Å². The summed E-state index contributed by atoms with van der Waals surface area (Å²) in [5.41, 5.74) is 8.62. The lowest BCUT2D eigenvalue weighted by Gasteiger charge is -2.38. The van der Waals surface area contributed by atoms with Crippen LogP contribution in [0.4, 0.5) is 4.79 Å². The maximum atomic E-state index is 11.1. The zero-order valence-corrected chi connectivity index (χ0v) is 11.6. The van der Waals surface area contributed by atoms with Crippen LogP contribution in [0.2, 0.25) is 0 Å². The molecule has 0 spiro atoms. The van der Waals surface area contributed by atoms with Crippen LogP contribution in [0.3, 0.4) is 0 Å². The van der Waals surface area contributed by atoms with Crippen molar-refractivity contribution in [3.63, 3.8) is 0 Å². The second-order valence-electron chi connectivity index (χ2n) is 4.83. The summed E-state index contributed by atoms with van der Waals surface area (Å²) in [7, 11) is 1.52. The average molecular weight is 283 g/mol. The fourth-order valence-corrected chi connectivity index (χ4v) is 2.51. The van der Waals surface area contributed by atoms with Gasteiger partial charge in [-0.15, -0.1) is 0 Å². The fourth-order valence-electron chi connectivity index (χ4n) is 2.51. The first-order valence-corrected chi connectivity index (χ1v) is 6.32. The van der Waals surface area contributed by atoms with Crippen molar-refractivity contribution in [1.82, 2.24) is 0 Å². The molecule has 0 N–H and O–H groups in total. The molecule has 1 fully saturated rings. The van der Waals surface area contributed by atoms with Gasteiger partial charge < -0.3 is 18.9 Å². The number of methoxy groups -OCH3 is 1. The third-order valence-electron chi connectivity index (χ3n) is 3.54. The number of rotatable bonds is 4. The Balaban J connectivity index is 2.18. The maximum Gasteiger partial charge on any atom is 0.508 e. The predicted molar refractivity (Wildman–Crippen MR) is 67.7 cm³/mol. The summed E-state index contributed by atoms with van der Waals surface area (Å²) >= 11 is 0. The Labute approximate surface area is 116 Å². The maximum absolute atomic E-state index is 11.1. The molecule has 0 aromatic carbocycles. The molecule has 8 heteroatoms. The number of hydrogen-bond acceptors (Lipinski definition) is 6. The Morgan fingerprint density at radius 1 is 1.55 bits per heavy atom. The first-order valence-electron chi connectivity index (χ1n) is 6.32. The first-order chi connectivity index (χ1) is 9.56. The third kappa shape index (κ3) is 2.81. The van der Waals surface area contributed by atoms with Crippen molar-refractivity contribution >= 4 is 6.16 Å². The molecule has 0 amide bonds. The minimum absolute atomic E-state index is 0.112. The molecule has 0 aromatic heterocycles. The summed E-state index contributed by atoms with van der Waals surface area (Å²) in [6.07, 6.45) is -0.349. The molecule has 2 aliphatic heterocycles. The summed E-state index contributed by atoms with van der Waals surface area (Å²) in [6, 6.07) is -0.325. The number of hydrogen-bond donors (Lipinski definition) is 0. The van der Waals surface area contributed by atoms with Crippen LogP contribution in [0.25, 0.3) is 10.4 Å². The number of allylic oxidation sites excluding steroid dienone is 1. The number of carbonyl (C=O) groups excluding carboxylic acids is 1. The lowest BCUT2D eigenvalue weighted by atomic mass is 9.88. The first kappa shape index (κ1) is 14.5. The van der Waals surface area contributed by atoms with Crippen LogP contribution in [0.15, 0.2) is 16.9 Å². The van der Waals surface area contributed by atoms with Gasteiger partial charge in [0.2, 0.25) is 0 Å². The topological polar surface area (TPSA) is 103 Å². The second-order valence-corrected chi connectivity index (χ2v) is 4.83. The normalized spacial score (nSPS) is 34.1. The van der Waals surface area contributed by atoms with E-state index < -0.39 is 18.4 Å². The highest BCUT2D eigenvalue weighted by Gasteiger charge is 2.44. The van der Waals surface area contributed by atoms with Gasteiger partial charge in [0.15, 0.2) is 6.10 Å². The van der Waals surface area contributed by atoms with E-state index in [4.69, 9.17) is 24.5 Å². The lowest BCUT2D eigenvalue weighted by molar-refractivity contribution is -0.107. The van der Waals surface area contributed by atoms with E-state index >= 15 is 0 Å². The van der Waals surface area contributed by atoms with E-state index in [0.717, 1.165) is 0 Å². The van der Waals surface area contributed by atoms with Crippen LogP contribution < -0.4 is 0 Å². The summed E-state index contributed by atoms with van der Waals surface area (Å²) < 4.78 is 21.0. The van der Waals surface area contributed by atoms with Gasteiger partial charge in [-0.05, 0) is 18.5 Å². The quantitative estimate of drug-likeness (QED) is 0.340. The monoisotopic (exact) mass is 283 g/mol. The Kier molecular flexibility index (Phi) is 4.36. The molecule has 0 aromatic rings. The molecule has 110 valence electrons. The molecule has 1 saturated heterocycles. The van der Waals surface area contributed by atoms with Gasteiger partial charge in [-0.3, -0.25) is 0 Å². The second kappa shape index (κ2) is 6.02. The highest BCUT2D eigenvalue weighted by molar-refractivity contribution is 5.62. The Bertz CT molecular complexity index is 460. The number of ether oxygens (including phenoxy) is 4. The molecular weight excluding hydrogens is 266 g/mol. The van der Waals surface area contributed by atoms with Crippen LogP contribution in [0.5, 0.6) is 0 Å². The zero-order chi connectivity index (χ0) is 14.7. The predicted octanol–water partition coefficient (Wildman–Crippen LogP) is 2.15. The van der Waals surface area contributed by atoms with E-state index in [1.165, 1.54) is 7.11 Å². The van der Waals surface area contributed by atoms with Gasteiger partial charge in [-0.2, -0.15) is 0 Å². The molecule has 0 radical (unpaired) electrons. The van der Waals surface area contributed by atoms with E-state index in [0.29, 0.717) is 5.76 Å². The SMILES string of the molecule is CO[C@@H]([C@@H]1OC(C)=C[C@H](N=[N+]=[N-])[C@H]1C)[C@H]1COC(=O)O1. The van der Waals surface area contributed by atoms with Crippen molar-refractivity contribution in [3.05, 3.63) is 22.3 Å². The molecule has 20 heavy (non-hydrogen) atoms. The zero-order valence-electron chi connectivity index (χ0n) is 11.6. The molecule has 0 saturated carbocycles. The van der Waals surface area contributed by atoms with Crippen LogP contribution in [-0.2, 0) is 18.9 Å². The summed E-state index contributed by atoms with van der Waals surface area (Å²) in [6.45, 7) is 3.80. The molecule has 2 aliphatic rings. The third-order valence-corrected chi connectivity index (χ3v) is 3.54. The van der Waals surface area contributed by atoms with Crippen molar-refractivity contribution in [2.75, 3.05) is 13.7 Å². The number of azide groups is 1. The van der Waals surface area contributed by atoms with Gasteiger partial charge in [0, 0.05) is 17.9 Å². The van der Waals surface area contributed by atoms with E-state index in [-0.39, 0.29) is 24.7 Å². The minimum atomic E-state index is -0.709. The lowest BCUT2D eigenvalue weighted by Crippen LogP contribution is -2.49. The number of carbonyl (C=O) groups is 1. The van der Waals surface area contributed by atoms with Crippen molar-refractivity contribution in [1.29, 1.82) is 0 Å². The van der Waals surface area contributed by atoms with Crippen LogP contribution in [0, 0.1) is 5.92 Å². The Hall–Kier alpha value is -1.92. The minimum Gasteiger partial charge on any atom is -0.492 e. The van der Waals surface area contributed by atoms with Gasteiger partial charge in [-0.25, -0.2) is 4.79 Å². The van der Waals surface area contributed by atoms with Crippen LogP contribution in [-0.4, -0.2) is 44.2 Å². The molecular formula is C12H17N3O5. The molecule has 8 nitrogen and oxygen atoms in total. The average Bonchev–Trinajstić information content (AvgIpc) is 2.82. The molecule has 2 heterocycles. The van der Waals surface area contributed by atoms with Crippen LogP contribution >= 0.6 is 0 Å². The highest BCUT2D eigenvalue weighted by Crippen LogP contribution is 2.31. The van der Waals surface area contributed by atoms with Crippen molar-refractivity contribution < 1.29 is 23.7 Å². The summed E-state index contributed by atoms with van der Waals surface area (Å²) in [5.74, 6) is 0.539. The molecule has 0 bridgehead atoms. The van der Waals surface area contributed by atoms with Gasteiger partial charge in [0.05, 0.1) is 11.8 Å². The van der Waals surface area contributed by atoms with Crippen molar-refractivity contribution in [2.24, 2.45) is 11.0 Å². The van der Waals surface area contributed by atoms with E-state index in [1.54, 1.807) is 13.0 Å². The molecule has 0 unspecified atom stereocenters. The number of cyclic esters (lactones) is 2. The van der Waals surface area contributed by atoms with E-state index in [9.17, 15) is 4.79 Å². The molecule has 5 atom stereocenters. The highest BCUT2D eigenvalue weighted by atomic mass is 16.8. The van der Waals surface area contributed by atoms with Gasteiger partial charge in [0.1, 0.15) is 18.8 Å². The molecule has 0 aliphatic carbocycles. The Morgan fingerprint density at radius 2 is 2.30 bits per heavy atom. The smallest absolute Gasteiger partial charge is 0.492 e. The van der Waals surface area contributed by atoms with Gasteiger partial charge in [-0.1, -0.05) is 12.0 Å². The fraction of sp³-hybridized carbons (Fsp3) is 0.750. The largest absolute Gasteiger partial charge is 0.508 e. The molecule has 2 rings (SSSR count). The Morgan fingerprint density at radius 3 is 2.85 bits per heavy atom.